The number of nitrogens with one attached hydrogen (secondary N) is 2. The van der Waals surface area contributed by atoms with E-state index in [2.05, 4.69) is 10.6 Å². The molecule has 4 nitrogen and oxygen atoms in total. The number of hydrogen-bond acceptors (Lipinski definition) is 3. The Labute approximate surface area is 107 Å². The molecule has 2 N–H and O–H groups in total. The van der Waals surface area contributed by atoms with Crippen LogP contribution in [0.5, 0.6) is 0 Å². The Morgan fingerprint density at radius 1 is 1.53 bits per heavy atom. The number of carbonyl (C=O) groups is 1. The minimum Gasteiger partial charge on any atom is -0.379 e. The summed E-state index contributed by atoms with van der Waals surface area (Å²) in [5, 5.41) is 5.89. The first-order chi connectivity index (χ1) is 8.18. The van der Waals surface area contributed by atoms with E-state index in [0.29, 0.717) is 6.61 Å². The number of amides is 2. The van der Waals surface area contributed by atoms with Crippen LogP contribution in [0.25, 0.3) is 0 Å². The molecular weight excluding hydrogens is 236 g/mol. The van der Waals surface area contributed by atoms with E-state index in [0.717, 1.165) is 31.2 Å². The van der Waals surface area contributed by atoms with Crippen LogP contribution in [0.3, 0.4) is 0 Å². The van der Waals surface area contributed by atoms with Crippen LogP contribution in [0.1, 0.15) is 26.2 Å². The molecule has 1 atom stereocenters. The SMILES string of the molecule is C[C@@]1(NC(=O)NCCSCC2CC2)CCOC1. The van der Waals surface area contributed by atoms with Gasteiger partial charge in [0.05, 0.1) is 12.1 Å². The topological polar surface area (TPSA) is 50.4 Å². The summed E-state index contributed by atoms with van der Waals surface area (Å²) in [5.41, 5.74) is -0.175. The highest BCUT2D eigenvalue weighted by molar-refractivity contribution is 7.99. The van der Waals surface area contributed by atoms with Crippen molar-refractivity contribution in [2.24, 2.45) is 5.92 Å². The van der Waals surface area contributed by atoms with Gasteiger partial charge >= 0.3 is 6.03 Å². The van der Waals surface area contributed by atoms with Gasteiger partial charge in [-0.25, -0.2) is 4.79 Å². The van der Waals surface area contributed by atoms with Gasteiger partial charge in [0.25, 0.3) is 0 Å². The molecule has 0 aromatic rings. The van der Waals surface area contributed by atoms with E-state index in [4.69, 9.17) is 4.74 Å². The van der Waals surface area contributed by atoms with E-state index in [1.54, 1.807) is 0 Å². The van der Waals surface area contributed by atoms with Gasteiger partial charge in [0.15, 0.2) is 0 Å². The molecule has 1 saturated heterocycles. The highest BCUT2D eigenvalue weighted by Gasteiger charge is 2.31. The predicted octanol–water partition coefficient (Wildman–Crippen LogP) is 1.61. The Bertz CT molecular complexity index is 263. The minimum atomic E-state index is -0.175. The fraction of sp³-hybridized carbons (Fsp3) is 0.917. The molecule has 17 heavy (non-hydrogen) atoms. The Morgan fingerprint density at radius 3 is 3.00 bits per heavy atom. The number of urea groups is 1. The Hall–Kier alpha value is -0.420. The summed E-state index contributed by atoms with van der Waals surface area (Å²) in [6.07, 6.45) is 3.70. The molecule has 1 heterocycles. The first-order valence-corrected chi connectivity index (χ1v) is 7.55. The van der Waals surface area contributed by atoms with Crippen LogP contribution in [0.15, 0.2) is 0 Å². The van der Waals surface area contributed by atoms with Gasteiger partial charge in [0, 0.05) is 18.9 Å². The van der Waals surface area contributed by atoms with Crippen molar-refractivity contribution < 1.29 is 9.53 Å². The second-order valence-electron chi connectivity index (χ2n) is 5.26. The number of rotatable bonds is 6. The molecule has 2 fully saturated rings. The maximum absolute atomic E-state index is 11.6. The van der Waals surface area contributed by atoms with E-state index < -0.39 is 0 Å². The number of hydrogen-bond donors (Lipinski definition) is 2. The zero-order valence-corrected chi connectivity index (χ0v) is 11.3. The molecule has 2 aliphatic rings. The molecular formula is C12H22N2O2S. The number of ether oxygens (including phenoxy) is 1. The van der Waals surface area contributed by atoms with Crippen molar-refractivity contribution in [1.29, 1.82) is 0 Å². The monoisotopic (exact) mass is 258 g/mol. The quantitative estimate of drug-likeness (QED) is 0.712. The number of thioether (sulfide) groups is 1. The fourth-order valence-corrected chi connectivity index (χ4v) is 2.93. The third kappa shape index (κ3) is 4.76. The van der Waals surface area contributed by atoms with Crippen molar-refractivity contribution >= 4 is 17.8 Å². The maximum Gasteiger partial charge on any atom is 0.315 e. The van der Waals surface area contributed by atoms with E-state index >= 15 is 0 Å². The molecule has 98 valence electrons. The molecule has 0 aromatic heterocycles. The molecule has 2 amide bonds. The van der Waals surface area contributed by atoms with Crippen molar-refractivity contribution in [2.75, 3.05) is 31.3 Å². The summed E-state index contributed by atoms with van der Waals surface area (Å²) < 4.78 is 5.29. The van der Waals surface area contributed by atoms with Gasteiger partial charge in [0.2, 0.25) is 0 Å². The predicted molar refractivity (Wildman–Crippen MR) is 70.4 cm³/mol. The van der Waals surface area contributed by atoms with Crippen LogP contribution < -0.4 is 10.6 Å². The molecule has 0 spiro atoms. The second-order valence-corrected chi connectivity index (χ2v) is 6.41. The number of carbonyl (C=O) groups excluding carboxylic acids is 1. The smallest absolute Gasteiger partial charge is 0.315 e. The summed E-state index contributed by atoms with van der Waals surface area (Å²) in [6.45, 7) is 4.15. The first kappa shape index (κ1) is 13.0. The third-order valence-corrected chi connectivity index (χ3v) is 4.42. The van der Waals surface area contributed by atoms with Gasteiger partial charge in [-0.15, -0.1) is 0 Å². The first-order valence-electron chi connectivity index (χ1n) is 6.39. The van der Waals surface area contributed by atoms with Crippen LogP contribution in [0, 0.1) is 5.92 Å². The Kier molecular flexibility index (Phi) is 4.56. The molecule has 0 radical (unpaired) electrons. The summed E-state index contributed by atoms with van der Waals surface area (Å²) in [5.74, 6) is 3.23. The van der Waals surface area contributed by atoms with Crippen LogP contribution in [0.2, 0.25) is 0 Å². The fourth-order valence-electron chi connectivity index (χ4n) is 1.86. The van der Waals surface area contributed by atoms with E-state index in [1.807, 2.05) is 18.7 Å². The van der Waals surface area contributed by atoms with Gasteiger partial charge < -0.3 is 15.4 Å². The second kappa shape index (κ2) is 5.96. The van der Waals surface area contributed by atoms with Crippen molar-refractivity contribution in [3.05, 3.63) is 0 Å². The summed E-state index contributed by atoms with van der Waals surface area (Å²) >= 11 is 1.94. The average Bonchev–Trinajstić information content (AvgIpc) is 3.00. The lowest BCUT2D eigenvalue weighted by molar-refractivity contribution is 0.170. The summed E-state index contributed by atoms with van der Waals surface area (Å²) in [7, 11) is 0. The minimum absolute atomic E-state index is 0.0648. The zero-order chi connectivity index (χ0) is 12.1. The molecule has 1 aliphatic heterocycles. The van der Waals surface area contributed by atoms with E-state index in [9.17, 15) is 4.79 Å². The molecule has 0 unspecified atom stereocenters. The maximum atomic E-state index is 11.6. The van der Waals surface area contributed by atoms with Crippen LogP contribution in [-0.2, 0) is 4.74 Å². The van der Waals surface area contributed by atoms with Crippen molar-refractivity contribution in [2.45, 2.75) is 31.7 Å². The van der Waals surface area contributed by atoms with Gasteiger partial charge in [-0.05, 0) is 37.9 Å². The lowest BCUT2D eigenvalue weighted by atomic mass is 10.0. The molecule has 0 bridgehead atoms. The van der Waals surface area contributed by atoms with Crippen LogP contribution in [-0.4, -0.2) is 42.8 Å². The zero-order valence-electron chi connectivity index (χ0n) is 10.5. The molecule has 1 saturated carbocycles. The van der Waals surface area contributed by atoms with Crippen LogP contribution in [0.4, 0.5) is 4.79 Å². The highest BCUT2D eigenvalue weighted by atomic mass is 32.2. The lowest BCUT2D eigenvalue weighted by Crippen LogP contribution is -2.51. The van der Waals surface area contributed by atoms with Gasteiger partial charge in [-0.3, -0.25) is 0 Å². The summed E-state index contributed by atoms with van der Waals surface area (Å²) in [4.78, 5) is 11.6. The molecule has 2 rings (SSSR count). The summed E-state index contributed by atoms with van der Waals surface area (Å²) in [6, 6.07) is -0.0648. The van der Waals surface area contributed by atoms with E-state index in [-0.39, 0.29) is 11.6 Å². The average molecular weight is 258 g/mol. The lowest BCUT2D eigenvalue weighted by Gasteiger charge is -2.23. The molecule has 5 heteroatoms. The molecule has 1 aliphatic carbocycles. The van der Waals surface area contributed by atoms with Crippen molar-refractivity contribution in [3.8, 4) is 0 Å². The standard InChI is InChI=1S/C12H22N2O2S/c1-12(4-6-16-9-12)14-11(15)13-5-7-17-8-10-2-3-10/h10H,2-9H2,1H3,(H2,13,14,15)/t12-/m1/s1. The molecule has 0 aromatic carbocycles. The van der Waals surface area contributed by atoms with Gasteiger partial charge in [-0.1, -0.05) is 0 Å². The van der Waals surface area contributed by atoms with E-state index in [1.165, 1.54) is 18.6 Å². The van der Waals surface area contributed by atoms with Crippen molar-refractivity contribution in [1.82, 2.24) is 10.6 Å². The third-order valence-electron chi connectivity index (χ3n) is 3.22. The largest absolute Gasteiger partial charge is 0.379 e. The van der Waals surface area contributed by atoms with Gasteiger partial charge in [-0.2, -0.15) is 11.8 Å². The normalized spacial score (nSPS) is 28.1. The Balaban J connectivity index is 1.50. The van der Waals surface area contributed by atoms with Crippen molar-refractivity contribution in [3.63, 3.8) is 0 Å². The highest BCUT2D eigenvalue weighted by Crippen LogP contribution is 2.32. The van der Waals surface area contributed by atoms with Crippen LogP contribution >= 0.6 is 11.8 Å². The van der Waals surface area contributed by atoms with Gasteiger partial charge in [0.1, 0.15) is 0 Å². The Morgan fingerprint density at radius 2 is 2.35 bits per heavy atom.